The van der Waals surface area contributed by atoms with Gasteiger partial charge in [-0.2, -0.15) is 0 Å². The van der Waals surface area contributed by atoms with E-state index in [1.54, 1.807) is 24.5 Å². The van der Waals surface area contributed by atoms with Crippen molar-refractivity contribution < 1.29 is 4.39 Å². The van der Waals surface area contributed by atoms with E-state index in [1.807, 2.05) is 28.8 Å². The first-order valence-electron chi connectivity index (χ1n) is 10.2. The molecule has 0 unspecified atom stereocenters. The third-order valence-electron chi connectivity index (χ3n) is 5.61. The Morgan fingerprint density at radius 3 is 2.30 bits per heavy atom. The molecular weight excluding hydrogens is 379 g/mol. The molecule has 0 spiro atoms. The van der Waals surface area contributed by atoms with E-state index >= 15 is 0 Å². The van der Waals surface area contributed by atoms with Crippen LogP contribution >= 0.6 is 0 Å². The summed E-state index contributed by atoms with van der Waals surface area (Å²) in [6.07, 6.45) is 3.50. The lowest BCUT2D eigenvalue weighted by molar-refractivity contribution is 0.429. The molecule has 30 heavy (non-hydrogen) atoms. The van der Waals surface area contributed by atoms with E-state index in [4.69, 9.17) is 9.97 Å². The van der Waals surface area contributed by atoms with Gasteiger partial charge in [-0.1, -0.05) is 0 Å². The van der Waals surface area contributed by atoms with Crippen LogP contribution in [0.3, 0.4) is 0 Å². The Hall–Kier alpha value is -3.32. The summed E-state index contributed by atoms with van der Waals surface area (Å²) in [5.41, 5.74) is 3.32. The van der Waals surface area contributed by atoms with Crippen molar-refractivity contribution in [3.8, 4) is 17.1 Å². The number of fused-ring (bicyclic) bond motifs is 1. The van der Waals surface area contributed by atoms with Crippen molar-refractivity contribution in [3.05, 3.63) is 66.7 Å². The monoisotopic (exact) mass is 402 g/mol. The number of anilines is 1. The smallest absolute Gasteiger partial charge is 0.167 e. The number of nitrogens with zero attached hydrogens (tertiary/aromatic N) is 5. The van der Waals surface area contributed by atoms with Gasteiger partial charge in [0, 0.05) is 43.1 Å². The minimum atomic E-state index is -0.271. The fraction of sp³-hybridized carbons (Fsp3) is 0.261. The number of piperazine rings is 1. The molecule has 1 saturated heterocycles. The molecule has 1 fully saturated rings. The minimum Gasteiger partial charge on any atom is -0.349 e. The molecule has 3 aromatic heterocycles. The van der Waals surface area contributed by atoms with Crippen LogP contribution in [0.4, 0.5) is 10.2 Å². The van der Waals surface area contributed by atoms with Crippen LogP contribution in [0.25, 0.3) is 28.2 Å². The first kappa shape index (κ1) is 18.7. The maximum atomic E-state index is 13.5. The number of nitrogens with one attached hydrogen (secondary N) is 1. The SMILES string of the molecule is C[C@@H]1CNC[C@@H](C)N1c1ccc2nc(-c3ccc(F)cc3)n(-c3ccncc3)c2n1. The Balaban J connectivity index is 1.72. The number of halogens is 1. The number of hydrogen-bond donors (Lipinski definition) is 1. The Morgan fingerprint density at radius 1 is 0.900 bits per heavy atom. The molecule has 1 aliphatic rings. The van der Waals surface area contributed by atoms with Crippen LogP contribution in [0.1, 0.15) is 13.8 Å². The molecule has 7 heteroatoms. The maximum absolute atomic E-state index is 13.5. The lowest BCUT2D eigenvalue weighted by Crippen LogP contribution is -2.55. The molecule has 0 bridgehead atoms. The quantitative estimate of drug-likeness (QED) is 0.565. The molecule has 0 amide bonds. The number of hydrogen-bond acceptors (Lipinski definition) is 5. The summed E-state index contributed by atoms with van der Waals surface area (Å²) in [7, 11) is 0. The fourth-order valence-corrected chi connectivity index (χ4v) is 4.21. The summed E-state index contributed by atoms with van der Waals surface area (Å²) >= 11 is 0. The highest BCUT2D eigenvalue weighted by Gasteiger charge is 2.26. The van der Waals surface area contributed by atoms with Gasteiger partial charge in [-0.15, -0.1) is 0 Å². The summed E-state index contributed by atoms with van der Waals surface area (Å²) in [4.78, 5) is 16.4. The van der Waals surface area contributed by atoms with Crippen molar-refractivity contribution in [2.24, 2.45) is 0 Å². The molecule has 0 aliphatic carbocycles. The zero-order valence-corrected chi connectivity index (χ0v) is 17.0. The Morgan fingerprint density at radius 2 is 1.60 bits per heavy atom. The van der Waals surface area contributed by atoms with Gasteiger partial charge in [0.15, 0.2) is 5.65 Å². The molecule has 5 rings (SSSR count). The second kappa shape index (κ2) is 7.50. The van der Waals surface area contributed by atoms with E-state index in [0.717, 1.165) is 47.1 Å². The molecule has 152 valence electrons. The van der Waals surface area contributed by atoms with Gasteiger partial charge < -0.3 is 10.2 Å². The summed E-state index contributed by atoms with van der Waals surface area (Å²) in [5, 5.41) is 3.46. The van der Waals surface area contributed by atoms with E-state index < -0.39 is 0 Å². The van der Waals surface area contributed by atoms with Crippen LogP contribution in [-0.4, -0.2) is 44.7 Å². The van der Waals surface area contributed by atoms with Crippen molar-refractivity contribution in [2.45, 2.75) is 25.9 Å². The van der Waals surface area contributed by atoms with E-state index in [0.29, 0.717) is 12.1 Å². The predicted molar refractivity (Wildman–Crippen MR) is 116 cm³/mol. The Bertz CT molecular complexity index is 1160. The van der Waals surface area contributed by atoms with Crippen LogP contribution in [0, 0.1) is 5.82 Å². The highest BCUT2D eigenvalue weighted by atomic mass is 19.1. The van der Waals surface area contributed by atoms with Gasteiger partial charge in [0.05, 0.1) is 5.69 Å². The fourth-order valence-electron chi connectivity index (χ4n) is 4.21. The highest BCUT2D eigenvalue weighted by molar-refractivity contribution is 5.81. The van der Waals surface area contributed by atoms with Crippen LogP contribution in [0.5, 0.6) is 0 Å². The molecular formula is C23H23FN6. The van der Waals surface area contributed by atoms with Gasteiger partial charge >= 0.3 is 0 Å². The van der Waals surface area contributed by atoms with Crippen molar-refractivity contribution in [1.82, 2.24) is 24.8 Å². The molecule has 0 saturated carbocycles. The van der Waals surface area contributed by atoms with Crippen LogP contribution in [0.15, 0.2) is 60.9 Å². The second-order valence-electron chi connectivity index (χ2n) is 7.76. The average molecular weight is 402 g/mol. The van der Waals surface area contributed by atoms with Crippen LogP contribution in [0.2, 0.25) is 0 Å². The topological polar surface area (TPSA) is 58.9 Å². The van der Waals surface area contributed by atoms with Crippen molar-refractivity contribution in [1.29, 1.82) is 0 Å². The number of aromatic nitrogens is 4. The first-order valence-corrected chi connectivity index (χ1v) is 10.2. The van der Waals surface area contributed by atoms with Gasteiger partial charge in [-0.25, -0.2) is 14.4 Å². The highest BCUT2D eigenvalue weighted by Crippen LogP contribution is 2.30. The largest absolute Gasteiger partial charge is 0.349 e. The van der Waals surface area contributed by atoms with E-state index in [9.17, 15) is 4.39 Å². The summed E-state index contributed by atoms with van der Waals surface area (Å²) in [6.45, 7) is 6.26. The minimum absolute atomic E-state index is 0.271. The third-order valence-corrected chi connectivity index (χ3v) is 5.61. The third kappa shape index (κ3) is 3.21. The summed E-state index contributed by atoms with van der Waals surface area (Å²) in [5.74, 6) is 1.39. The molecule has 4 heterocycles. The van der Waals surface area contributed by atoms with Gasteiger partial charge in [-0.3, -0.25) is 9.55 Å². The Kier molecular flexibility index (Phi) is 4.67. The molecule has 4 aromatic rings. The van der Waals surface area contributed by atoms with E-state index in [2.05, 4.69) is 29.0 Å². The molecule has 1 N–H and O–H groups in total. The average Bonchev–Trinajstić information content (AvgIpc) is 3.13. The molecule has 6 nitrogen and oxygen atoms in total. The zero-order valence-electron chi connectivity index (χ0n) is 17.0. The van der Waals surface area contributed by atoms with Gasteiger partial charge in [-0.05, 0) is 62.4 Å². The second-order valence-corrected chi connectivity index (χ2v) is 7.76. The summed E-state index contributed by atoms with van der Waals surface area (Å²) < 4.78 is 15.5. The zero-order chi connectivity index (χ0) is 20.7. The molecule has 1 aromatic carbocycles. The molecule has 2 atom stereocenters. The van der Waals surface area contributed by atoms with Crippen LogP contribution < -0.4 is 10.2 Å². The Labute approximate surface area is 174 Å². The number of rotatable bonds is 3. The molecule has 1 aliphatic heterocycles. The summed E-state index contributed by atoms with van der Waals surface area (Å²) in [6, 6.07) is 15.0. The predicted octanol–water partition coefficient (Wildman–Crippen LogP) is 3.81. The standard InChI is InChI=1S/C23H23FN6/c1-15-13-26-14-16(2)29(15)21-8-7-20-23(28-21)30(19-9-11-25-12-10-19)22(27-20)17-3-5-18(24)6-4-17/h3-12,15-16,26H,13-14H2,1-2H3/t15-,16-/m1/s1. The lowest BCUT2D eigenvalue weighted by Gasteiger charge is -2.40. The number of imidazole rings is 1. The van der Waals surface area contributed by atoms with Gasteiger partial charge in [0.1, 0.15) is 23.0 Å². The first-order chi connectivity index (χ1) is 14.6. The normalized spacial score (nSPS) is 19.4. The van der Waals surface area contributed by atoms with Gasteiger partial charge in [0.2, 0.25) is 0 Å². The van der Waals surface area contributed by atoms with E-state index in [-0.39, 0.29) is 5.82 Å². The van der Waals surface area contributed by atoms with Gasteiger partial charge in [0.25, 0.3) is 0 Å². The molecule has 0 radical (unpaired) electrons. The number of benzene rings is 1. The van der Waals surface area contributed by atoms with Crippen LogP contribution in [-0.2, 0) is 0 Å². The van der Waals surface area contributed by atoms with E-state index in [1.165, 1.54) is 12.1 Å². The maximum Gasteiger partial charge on any atom is 0.167 e. The number of pyridine rings is 2. The van der Waals surface area contributed by atoms with Crippen molar-refractivity contribution in [3.63, 3.8) is 0 Å². The lowest BCUT2D eigenvalue weighted by atomic mass is 10.1. The van der Waals surface area contributed by atoms with Crippen molar-refractivity contribution >= 4 is 17.0 Å². The van der Waals surface area contributed by atoms with Crippen molar-refractivity contribution in [2.75, 3.05) is 18.0 Å².